The van der Waals surface area contributed by atoms with Gasteiger partial charge in [-0.1, -0.05) is 35.4 Å². The Bertz CT molecular complexity index is 1090. The number of nitrogens with one attached hydrogen (secondary N) is 2. The van der Waals surface area contributed by atoms with Gasteiger partial charge in [-0.25, -0.2) is 8.78 Å². The van der Waals surface area contributed by atoms with Crippen molar-refractivity contribution in [1.29, 1.82) is 0 Å². The van der Waals surface area contributed by atoms with Gasteiger partial charge in [0, 0.05) is 25.8 Å². The van der Waals surface area contributed by atoms with E-state index < -0.39 is 35.6 Å². The zero-order chi connectivity index (χ0) is 27.4. The smallest absolute Gasteiger partial charge is 0.258 e. The predicted octanol–water partition coefficient (Wildman–Crippen LogP) is 4.29. The quantitative estimate of drug-likeness (QED) is 0.249. The van der Waals surface area contributed by atoms with Crippen molar-refractivity contribution in [2.75, 3.05) is 33.7 Å². The van der Waals surface area contributed by atoms with Crippen LogP contribution >= 0.6 is 23.2 Å². The predicted molar refractivity (Wildman–Crippen MR) is 135 cm³/mol. The molecule has 0 saturated carbocycles. The Morgan fingerprint density at radius 3 is 2.00 bits per heavy atom. The summed E-state index contributed by atoms with van der Waals surface area (Å²) in [5.41, 5.74) is 0.635. The molecule has 0 saturated heterocycles. The van der Waals surface area contributed by atoms with Gasteiger partial charge in [0.15, 0.2) is 13.2 Å². The average molecular weight is 561 g/mol. The maximum atomic E-state index is 13.6. The Morgan fingerprint density at radius 2 is 1.51 bits per heavy atom. The van der Waals surface area contributed by atoms with Crippen LogP contribution in [-0.4, -0.2) is 57.6 Å². The van der Waals surface area contributed by atoms with Crippen molar-refractivity contribution in [3.63, 3.8) is 0 Å². The van der Waals surface area contributed by atoms with Gasteiger partial charge in [-0.2, -0.15) is 0 Å². The van der Waals surface area contributed by atoms with E-state index in [2.05, 4.69) is 17.2 Å². The Hall–Kier alpha value is -2.92. The summed E-state index contributed by atoms with van der Waals surface area (Å²) in [6.45, 7) is 4.92. The monoisotopic (exact) mass is 560 g/mol. The lowest BCUT2D eigenvalue weighted by atomic mass is 10.0. The summed E-state index contributed by atoms with van der Waals surface area (Å²) in [6.07, 6.45) is -0.311. The number of halogens is 4. The van der Waals surface area contributed by atoms with E-state index in [4.69, 9.17) is 42.1 Å². The van der Waals surface area contributed by atoms with Crippen LogP contribution in [-0.2, 0) is 19.1 Å². The molecule has 2 aromatic rings. The summed E-state index contributed by atoms with van der Waals surface area (Å²) in [4.78, 5) is 24.7. The molecule has 0 spiro atoms. The second kappa shape index (κ2) is 15.4. The SMILES string of the molecule is C=C(C)C(CC(CNC(=O)COc1ccc(Cl)c(F)c1)OCOC)NC(=O)COc1ccc(Cl)c(F)c1. The third-order valence-corrected chi connectivity index (χ3v) is 5.51. The number of hydrogen-bond donors (Lipinski definition) is 2. The van der Waals surface area contributed by atoms with Crippen LogP contribution in [0.4, 0.5) is 8.78 Å². The van der Waals surface area contributed by atoms with Gasteiger partial charge in [0.05, 0.1) is 22.2 Å². The van der Waals surface area contributed by atoms with E-state index in [0.717, 1.165) is 12.1 Å². The van der Waals surface area contributed by atoms with Crippen molar-refractivity contribution in [3.8, 4) is 11.5 Å². The van der Waals surface area contributed by atoms with Crippen LogP contribution < -0.4 is 20.1 Å². The van der Waals surface area contributed by atoms with E-state index in [9.17, 15) is 18.4 Å². The molecule has 0 bridgehead atoms. The number of rotatable bonds is 15. The standard InChI is InChI=1S/C25H28Cl2F2N2O6/c1-15(2)23(31-25(33)13-36-17-5-7-20(27)22(29)9-17)10-18(37-14-34-3)11-30-24(32)12-35-16-4-6-19(26)21(28)8-16/h4-9,18,23H,1,10-14H2,2-3H3,(H,30,32)(H,31,33). The lowest BCUT2D eigenvalue weighted by Gasteiger charge is -2.25. The van der Waals surface area contributed by atoms with Gasteiger partial charge in [0.25, 0.3) is 11.8 Å². The minimum absolute atomic E-state index is 0.0524. The number of ether oxygens (including phenoxy) is 4. The molecule has 0 fully saturated rings. The van der Waals surface area contributed by atoms with Crippen LogP contribution in [0.2, 0.25) is 10.0 Å². The van der Waals surface area contributed by atoms with Gasteiger partial charge in [0.1, 0.15) is 29.9 Å². The van der Waals surface area contributed by atoms with Gasteiger partial charge in [-0.3, -0.25) is 9.59 Å². The second-order valence-corrected chi connectivity index (χ2v) is 8.75. The number of amides is 2. The van der Waals surface area contributed by atoms with E-state index in [0.29, 0.717) is 5.57 Å². The molecule has 12 heteroatoms. The van der Waals surface area contributed by atoms with Crippen molar-refractivity contribution in [2.24, 2.45) is 0 Å². The highest BCUT2D eigenvalue weighted by atomic mass is 35.5. The van der Waals surface area contributed by atoms with Crippen LogP contribution in [0.25, 0.3) is 0 Å². The molecule has 0 aliphatic rings. The third-order valence-electron chi connectivity index (χ3n) is 4.90. The number of carbonyl (C=O) groups is 2. The summed E-state index contributed by atoms with van der Waals surface area (Å²) in [7, 11) is 1.45. The second-order valence-electron chi connectivity index (χ2n) is 7.93. The minimum atomic E-state index is -0.662. The summed E-state index contributed by atoms with van der Waals surface area (Å²) >= 11 is 11.3. The van der Waals surface area contributed by atoms with Crippen molar-refractivity contribution in [1.82, 2.24) is 10.6 Å². The molecule has 2 amide bonds. The zero-order valence-corrected chi connectivity index (χ0v) is 21.8. The normalized spacial score (nSPS) is 12.4. The molecule has 2 unspecified atom stereocenters. The number of benzene rings is 2. The molecule has 0 aromatic heterocycles. The number of methoxy groups -OCH3 is 1. The van der Waals surface area contributed by atoms with Gasteiger partial charge >= 0.3 is 0 Å². The van der Waals surface area contributed by atoms with E-state index in [-0.39, 0.29) is 54.5 Å². The van der Waals surface area contributed by atoms with Gasteiger partial charge in [-0.15, -0.1) is 0 Å². The Kier molecular flexibility index (Phi) is 12.6. The molecule has 2 rings (SSSR count). The summed E-state index contributed by atoms with van der Waals surface area (Å²) in [6, 6.07) is 7.17. The van der Waals surface area contributed by atoms with Gasteiger partial charge in [0.2, 0.25) is 0 Å². The third kappa shape index (κ3) is 10.9. The van der Waals surface area contributed by atoms with Crippen LogP contribution in [0, 0.1) is 11.6 Å². The minimum Gasteiger partial charge on any atom is -0.484 e. The van der Waals surface area contributed by atoms with E-state index in [1.54, 1.807) is 6.92 Å². The first-order valence-electron chi connectivity index (χ1n) is 11.1. The van der Waals surface area contributed by atoms with Crippen molar-refractivity contribution in [2.45, 2.75) is 25.5 Å². The Morgan fingerprint density at radius 1 is 0.973 bits per heavy atom. The van der Waals surface area contributed by atoms with Crippen LogP contribution in [0.15, 0.2) is 48.6 Å². The Labute approximate surface area is 223 Å². The lowest BCUT2D eigenvalue weighted by Crippen LogP contribution is -2.44. The first-order valence-corrected chi connectivity index (χ1v) is 11.8. The fourth-order valence-corrected chi connectivity index (χ4v) is 3.20. The molecular formula is C25H28Cl2F2N2O6. The fourth-order valence-electron chi connectivity index (χ4n) is 2.97. The molecule has 2 aromatic carbocycles. The maximum Gasteiger partial charge on any atom is 0.258 e. The molecular weight excluding hydrogens is 533 g/mol. The van der Waals surface area contributed by atoms with Crippen molar-refractivity contribution < 1.29 is 37.3 Å². The van der Waals surface area contributed by atoms with Crippen LogP contribution in [0.3, 0.4) is 0 Å². The number of hydrogen-bond acceptors (Lipinski definition) is 6. The molecule has 0 aliphatic carbocycles. The van der Waals surface area contributed by atoms with Crippen LogP contribution in [0.1, 0.15) is 13.3 Å². The molecule has 37 heavy (non-hydrogen) atoms. The summed E-state index contributed by atoms with van der Waals surface area (Å²) in [5, 5.41) is 5.33. The van der Waals surface area contributed by atoms with Gasteiger partial charge in [-0.05, 0) is 37.6 Å². The van der Waals surface area contributed by atoms with Crippen molar-refractivity contribution in [3.05, 3.63) is 70.2 Å². The molecule has 0 aliphatic heterocycles. The molecule has 0 radical (unpaired) electrons. The van der Waals surface area contributed by atoms with E-state index >= 15 is 0 Å². The lowest BCUT2D eigenvalue weighted by molar-refractivity contribution is -0.126. The Balaban J connectivity index is 1.87. The van der Waals surface area contributed by atoms with E-state index in [1.807, 2.05) is 0 Å². The zero-order valence-electron chi connectivity index (χ0n) is 20.3. The maximum absolute atomic E-state index is 13.6. The molecule has 2 N–H and O–H groups in total. The highest BCUT2D eigenvalue weighted by Crippen LogP contribution is 2.21. The molecule has 8 nitrogen and oxygen atoms in total. The average Bonchev–Trinajstić information content (AvgIpc) is 2.86. The number of carbonyl (C=O) groups excluding carboxylic acids is 2. The highest BCUT2D eigenvalue weighted by Gasteiger charge is 2.21. The summed E-state index contributed by atoms with van der Waals surface area (Å²) < 4.78 is 48.2. The largest absolute Gasteiger partial charge is 0.484 e. The topological polar surface area (TPSA) is 95.1 Å². The highest BCUT2D eigenvalue weighted by molar-refractivity contribution is 6.31. The van der Waals surface area contributed by atoms with Crippen LogP contribution in [0.5, 0.6) is 11.5 Å². The molecule has 0 heterocycles. The first kappa shape index (κ1) is 30.3. The van der Waals surface area contributed by atoms with Crippen molar-refractivity contribution >= 4 is 35.0 Å². The summed E-state index contributed by atoms with van der Waals surface area (Å²) in [5.74, 6) is -1.96. The molecule has 2 atom stereocenters. The molecule has 202 valence electrons. The fraction of sp³-hybridized carbons (Fsp3) is 0.360. The van der Waals surface area contributed by atoms with Gasteiger partial charge < -0.3 is 29.6 Å². The first-order chi connectivity index (χ1) is 17.6. The van der Waals surface area contributed by atoms with E-state index in [1.165, 1.54) is 31.4 Å².